The average Bonchev–Trinajstić information content (AvgIpc) is 2.68. The van der Waals surface area contributed by atoms with Crippen LogP contribution in [0.25, 0.3) is 0 Å². The molecular formula is C26H23ClO. The molecule has 140 valence electrons. The minimum Gasteiger partial charge on any atom is -0.298 e. The molecule has 1 unspecified atom stereocenters. The molecule has 0 aliphatic heterocycles. The Balaban J connectivity index is 1.96. The molecule has 0 N–H and O–H groups in total. The van der Waals surface area contributed by atoms with Crippen LogP contribution in [0.4, 0.5) is 0 Å². The Morgan fingerprint density at radius 2 is 1.75 bits per heavy atom. The van der Waals surface area contributed by atoms with Crippen molar-refractivity contribution in [1.29, 1.82) is 0 Å². The van der Waals surface area contributed by atoms with Crippen LogP contribution in [0.2, 0.25) is 5.02 Å². The fourth-order valence-corrected chi connectivity index (χ4v) is 3.40. The molecule has 1 nitrogen and oxygen atoms in total. The highest BCUT2D eigenvalue weighted by molar-refractivity contribution is 6.30. The summed E-state index contributed by atoms with van der Waals surface area (Å²) in [5.74, 6) is 6.76. The first kappa shape index (κ1) is 19.9. The topological polar surface area (TPSA) is 17.1 Å². The highest BCUT2D eigenvalue weighted by atomic mass is 35.5. The van der Waals surface area contributed by atoms with E-state index in [9.17, 15) is 4.79 Å². The summed E-state index contributed by atoms with van der Waals surface area (Å²) in [5, 5.41) is 0.718. The van der Waals surface area contributed by atoms with Crippen molar-refractivity contribution in [3.8, 4) is 11.8 Å². The molecule has 28 heavy (non-hydrogen) atoms. The zero-order chi connectivity index (χ0) is 20.1. The number of carbonyl (C=O) groups is 1. The molecule has 0 heterocycles. The second-order valence-corrected chi connectivity index (χ2v) is 7.63. The second-order valence-electron chi connectivity index (χ2n) is 7.19. The molecule has 3 aromatic carbocycles. The van der Waals surface area contributed by atoms with Crippen molar-refractivity contribution in [1.82, 2.24) is 0 Å². The summed E-state index contributed by atoms with van der Waals surface area (Å²) in [4.78, 5) is 11.0. The Hall–Kier alpha value is -2.82. The van der Waals surface area contributed by atoms with Gasteiger partial charge in [0.25, 0.3) is 0 Å². The lowest BCUT2D eigenvalue weighted by Gasteiger charge is -2.13. The maximum Gasteiger partial charge on any atom is 0.150 e. The van der Waals surface area contributed by atoms with Gasteiger partial charge in [-0.1, -0.05) is 59.8 Å². The van der Waals surface area contributed by atoms with E-state index < -0.39 is 0 Å². The predicted octanol–water partition coefficient (Wildman–Crippen LogP) is 6.46. The molecule has 0 aromatic heterocycles. The van der Waals surface area contributed by atoms with Crippen molar-refractivity contribution >= 4 is 17.9 Å². The highest BCUT2D eigenvalue weighted by Crippen LogP contribution is 2.24. The van der Waals surface area contributed by atoms with Crippen LogP contribution in [0.3, 0.4) is 0 Å². The smallest absolute Gasteiger partial charge is 0.150 e. The molecule has 0 amide bonds. The number of aldehydes is 1. The molecule has 0 saturated carbocycles. The molecule has 3 rings (SSSR count). The van der Waals surface area contributed by atoms with Crippen LogP contribution in [-0.2, 0) is 6.42 Å². The normalized spacial score (nSPS) is 11.4. The first-order chi connectivity index (χ1) is 13.5. The molecule has 0 bridgehead atoms. The van der Waals surface area contributed by atoms with Crippen LogP contribution < -0.4 is 0 Å². The lowest BCUT2D eigenvalue weighted by molar-refractivity contribution is 0.112. The number of carbonyl (C=O) groups excluding carboxylic acids is 1. The van der Waals surface area contributed by atoms with Crippen molar-refractivity contribution in [2.24, 2.45) is 0 Å². The third kappa shape index (κ3) is 4.91. The number of hydrogen-bond donors (Lipinski definition) is 0. The van der Waals surface area contributed by atoms with E-state index in [1.807, 2.05) is 43.3 Å². The molecule has 0 aliphatic rings. The fourth-order valence-electron chi connectivity index (χ4n) is 3.20. The van der Waals surface area contributed by atoms with Crippen LogP contribution in [0.5, 0.6) is 0 Å². The van der Waals surface area contributed by atoms with E-state index in [2.05, 4.69) is 50.0 Å². The van der Waals surface area contributed by atoms with Crippen molar-refractivity contribution in [3.63, 3.8) is 0 Å². The van der Waals surface area contributed by atoms with Gasteiger partial charge in [0, 0.05) is 22.1 Å². The van der Waals surface area contributed by atoms with Gasteiger partial charge in [-0.15, -0.1) is 0 Å². The van der Waals surface area contributed by atoms with Gasteiger partial charge in [0.2, 0.25) is 0 Å². The van der Waals surface area contributed by atoms with Crippen LogP contribution in [0.15, 0.2) is 60.7 Å². The lowest BCUT2D eigenvalue weighted by atomic mass is 9.91. The van der Waals surface area contributed by atoms with Crippen LogP contribution in [0, 0.1) is 32.6 Å². The van der Waals surface area contributed by atoms with E-state index in [1.165, 1.54) is 16.7 Å². The van der Waals surface area contributed by atoms with Gasteiger partial charge in [-0.3, -0.25) is 4.79 Å². The number of aryl methyl sites for hydroxylation is 3. The summed E-state index contributed by atoms with van der Waals surface area (Å²) in [6, 6.07) is 20.2. The number of hydrogen-bond acceptors (Lipinski definition) is 1. The summed E-state index contributed by atoms with van der Waals surface area (Å²) >= 11 is 6.23. The van der Waals surface area contributed by atoms with E-state index in [4.69, 9.17) is 11.6 Å². The first-order valence-corrected chi connectivity index (χ1v) is 9.73. The van der Waals surface area contributed by atoms with Gasteiger partial charge in [0.1, 0.15) is 6.29 Å². The molecule has 0 saturated heterocycles. The molecule has 0 fully saturated rings. The number of benzene rings is 3. The van der Waals surface area contributed by atoms with Gasteiger partial charge >= 0.3 is 0 Å². The number of halogens is 1. The number of rotatable bonds is 4. The third-order valence-electron chi connectivity index (χ3n) is 5.05. The Morgan fingerprint density at radius 1 is 0.929 bits per heavy atom. The molecule has 2 heteroatoms. The van der Waals surface area contributed by atoms with Crippen molar-refractivity contribution < 1.29 is 4.79 Å². The third-order valence-corrected chi connectivity index (χ3v) is 5.28. The first-order valence-electron chi connectivity index (χ1n) is 9.35. The predicted molar refractivity (Wildman–Crippen MR) is 117 cm³/mol. The molecule has 3 aromatic rings. The van der Waals surface area contributed by atoms with E-state index >= 15 is 0 Å². The fraction of sp³-hybridized carbons (Fsp3) is 0.192. The molecule has 1 atom stereocenters. The lowest BCUT2D eigenvalue weighted by Crippen LogP contribution is -2.02. The van der Waals surface area contributed by atoms with Gasteiger partial charge in [0.15, 0.2) is 0 Å². The molecule has 0 aliphatic carbocycles. The summed E-state index contributed by atoms with van der Waals surface area (Å²) < 4.78 is 0. The second kappa shape index (κ2) is 8.91. The Morgan fingerprint density at radius 3 is 2.43 bits per heavy atom. The summed E-state index contributed by atoms with van der Waals surface area (Å²) in [6.45, 7) is 6.19. The largest absolute Gasteiger partial charge is 0.298 e. The van der Waals surface area contributed by atoms with E-state index in [-0.39, 0.29) is 5.92 Å². The van der Waals surface area contributed by atoms with Crippen LogP contribution in [-0.4, -0.2) is 6.29 Å². The highest BCUT2D eigenvalue weighted by Gasteiger charge is 2.11. The van der Waals surface area contributed by atoms with Crippen LogP contribution >= 0.6 is 11.6 Å². The zero-order valence-corrected chi connectivity index (χ0v) is 17.2. The van der Waals surface area contributed by atoms with E-state index in [0.29, 0.717) is 5.56 Å². The summed E-state index contributed by atoms with van der Waals surface area (Å²) in [6.07, 6.45) is 1.70. The minimum atomic E-state index is 0.0341. The summed E-state index contributed by atoms with van der Waals surface area (Å²) in [7, 11) is 0. The van der Waals surface area contributed by atoms with Gasteiger partial charge in [-0.25, -0.2) is 0 Å². The van der Waals surface area contributed by atoms with Crippen molar-refractivity contribution in [2.45, 2.75) is 33.1 Å². The van der Waals surface area contributed by atoms with E-state index in [1.54, 1.807) is 0 Å². The van der Waals surface area contributed by atoms with Crippen molar-refractivity contribution in [2.75, 3.05) is 0 Å². The van der Waals surface area contributed by atoms with Gasteiger partial charge < -0.3 is 0 Å². The standard InChI is InChI=1S/C26H23ClO/c1-18-7-8-22(13-19(18)2)15-24(23-5-4-6-26(27)16-23)11-9-21-10-12-25(17-28)20(3)14-21/h4-8,10,12-14,16-17,24H,15H2,1-3H3. The Kier molecular flexibility index (Phi) is 6.34. The molecular weight excluding hydrogens is 364 g/mol. The van der Waals surface area contributed by atoms with Crippen molar-refractivity contribution in [3.05, 3.63) is 105 Å². The van der Waals surface area contributed by atoms with Gasteiger partial charge in [-0.05, 0) is 79.3 Å². The quantitative estimate of drug-likeness (QED) is 0.371. The average molecular weight is 387 g/mol. The Labute approximate surface area is 172 Å². The summed E-state index contributed by atoms with van der Waals surface area (Å²) in [5.41, 5.74) is 7.50. The van der Waals surface area contributed by atoms with Gasteiger partial charge in [-0.2, -0.15) is 0 Å². The Bertz CT molecular complexity index is 1070. The maximum absolute atomic E-state index is 11.0. The molecule has 0 spiro atoms. The zero-order valence-electron chi connectivity index (χ0n) is 16.4. The van der Waals surface area contributed by atoms with E-state index in [0.717, 1.165) is 34.4 Å². The SMILES string of the molecule is Cc1ccc(CC(C#Cc2ccc(C=O)c(C)c2)c2cccc(Cl)c2)cc1C. The van der Waals surface area contributed by atoms with Crippen LogP contribution in [0.1, 0.15) is 49.7 Å². The molecule has 0 radical (unpaired) electrons. The van der Waals surface area contributed by atoms with Gasteiger partial charge in [0.05, 0.1) is 0 Å². The monoisotopic (exact) mass is 386 g/mol. The minimum absolute atomic E-state index is 0.0341. The maximum atomic E-state index is 11.0.